The van der Waals surface area contributed by atoms with E-state index in [4.69, 9.17) is 0 Å². The van der Waals surface area contributed by atoms with Gasteiger partial charge in [0.1, 0.15) is 5.65 Å². The quantitative estimate of drug-likeness (QED) is 0.769. The highest BCUT2D eigenvalue weighted by Crippen LogP contribution is 2.20. The predicted octanol–water partition coefficient (Wildman–Crippen LogP) is 3.03. The van der Waals surface area contributed by atoms with Crippen molar-refractivity contribution in [3.05, 3.63) is 70.2 Å². The maximum absolute atomic E-state index is 12.8. The lowest BCUT2D eigenvalue weighted by molar-refractivity contribution is 0.0917. The van der Waals surface area contributed by atoms with E-state index < -0.39 is 6.04 Å². The first-order chi connectivity index (χ1) is 11.9. The number of nitrogens with one attached hydrogen (secondary N) is 1. The normalized spacial score (nSPS) is 12.4. The average molecular weight is 337 g/mol. The molecule has 0 radical (unpaired) electrons. The van der Waals surface area contributed by atoms with E-state index in [0.29, 0.717) is 11.2 Å². The van der Waals surface area contributed by atoms with Gasteiger partial charge in [0, 0.05) is 17.6 Å². The lowest BCUT2D eigenvalue weighted by atomic mass is 9.99. The van der Waals surface area contributed by atoms with Crippen molar-refractivity contribution in [2.75, 3.05) is 6.61 Å². The molecule has 0 spiro atoms. The van der Waals surface area contributed by atoms with Crippen LogP contribution in [0.3, 0.4) is 0 Å². The van der Waals surface area contributed by atoms with E-state index in [1.807, 2.05) is 62.6 Å². The highest BCUT2D eigenvalue weighted by atomic mass is 16.3. The average Bonchev–Trinajstić information content (AvgIpc) is 2.97. The second-order valence-corrected chi connectivity index (χ2v) is 6.53. The third-order valence-electron chi connectivity index (χ3n) is 4.47. The summed E-state index contributed by atoms with van der Waals surface area (Å²) in [6.07, 6.45) is 1.84. The molecule has 25 heavy (non-hydrogen) atoms. The smallest absolute Gasteiger partial charge is 0.255 e. The van der Waals surface area contributed by atoms with Crippen LogP contribution in [-0.2, 0) is 0 Å². The van der Waals surface area contributed by atoms with Gasteiger partial charge in [-0.2, -0.15) is 0 Å². The molecule has 2 N–H and O–H groups in total. The highest BCUT2D eigenvalue weighted by Gasteiger charge is 2.20. The Morgan fingerprint density at radius 3 is 2.64 bits per heavy atom. The van der Waals surface area contributed by atoms with Crippen molar-refractivity contribution in [2.24, 2.45) is 0 Å². The first kappa shape index (κ1) is 17.2. The van der Waals surface area contributed by atoms with Crippen LogP contribution in [0.4, 0.5) is 0 Å². The molecule has 130 valence electrons. The van der Waals surface area contributed by atoms with Gasteiger partial charge < -0.3 is 14.8 Å². The molecular weight excluding hydrogens is 314 g/mol. The largest absolute Gasteiger partial charge is 0.394 e. The van der Waals surface area contributed by atoms with E-state index in [-0.39, 0.29) is 12.5 Å². The summed E-state index contributed by atoms with van der Waals surface area (Å²) in [6.45, 7) is 7.74. The molecule has 2 aromatic heterocycles. The van der Waals surface area contributed by atoms with Crippen LogP contribution >= 0.6 is 0 Å². The molecule has 0 bridgehead atoms. The van der Waals surface area contributed by atoms with Gasteiger partial charge in [-0.3, -0.25) is 4.79 Å². The number of aliphatic hydroxyl groups is 1. The Hall–Kier alpha value is -2.66. The summed E-state index contributed by atoms with van der Waals surface area (Å²) < 4.78 is 1.90. The summed E-state index contributed by atoms with van der Waals surface area (Å²) in [4.78, 5) is 17.3. The minimum Gasteiger partial charge on any atom is -0.394 e. The zero-order valence-corrected chi connectivity index (χ0v) is 15.0. The van der Waals surface area contributed by atoms with Gasteiger partial charge in [0.25, 0.3) is 5.91 Å². The number of carbonyl (C=O) groups excluding carboxylic acids is 1. The van der Waals surface area contributed by atoms with E-state index in [0.717, 1.165) is 28.1 Å². The van der Waals surface area contributed by atoms with Gasteiger partial charge in [-0.15, -0.1) is 0 Å². The Balaban J connectivity index is 1.93. The number of rotatable bonds is 4. The molecule has 0 aliphatic heterocycles. The van der Waals surface area contributed by atoms with E-state index in [1.54, 1.807) is 6.07 Å². The van der Waals surface area contributed by atoms with E-state index in [9.17, 15) is 9.90 Å². The Labute approximate surface area is 147 Å². The Bertz CT molecular complexity index is 944. The number of aliphatic hydroxyl groups excluding tert-OH is 1. The standard InChI is InChI=1S/C20H23N3O2/c1-12-5-6-16(13(2)9-12)18(11-24)22-20(25)17-7-8-23-15(4)10-14(3)21-19(17)23/h5-10,18,24H,11H2,1-4H3,(H,22,25). The molecule has 0 saturated heterocycles. The molecule has 0 aliphatic carbocycles. The zero-order valence-electron chi connectivity index (χ0n) is 15.0. The second-order valence-electron chi connectivity index (χ2n) is 6.53. The molecule has 0 fully saturated rings. The number of hydrogen-bond donors (Lipinski definition) is 2. The Kier molecular flexibility index (Phi) is 4.59. The first-order valence-electron chi connectivity index (χ1n) is 8.35. The van der Waals surface area contributed by atoms with Gasteiger partial charge in [0.15, 0.2) is 0 Å². The van der Waals surface area contributed by atoms with Crippen molar-refractivity contribution < 1.29 is 9.90 Å². The fraction of sp³-hybridized carbons (Fsp3) is 0.300. The van der Waals surface area contributed by atoms with Crippen LogP contribution < -0.4 is 5.32 Å². The molecular formula is C20H23N3O2. The molecule has 1 aromatic carbocycles. The summed E-state index contributed by atoms with van der Waals surface area (Å²) in [5.74, 6) is -0.237. The lowest BCUT2D eigenvalue weighted by Crippen LogP contribution is -2.31. The minimum atomic E-state index is -0.450. The molecule has 1 unspecified atom stereocenters. The van der Waals surface area contributed by atoms with Crippen molar-refractivity contribution in [3.63, 3.8) is 0 Å². The number of aryl methyl sites for hydroxylation is 4. The molecule has 0 saturated carbocycles. The number of amides is 1. The maximum Gasteiger partial charge on any atom is 0.255 e. The van der Waals surface area contributed by atoms with E-state index in [2.05, 4.69) is 10.3 Å². The summed E-state index contributed by atoms with van der Waals surface area (Å²) in [7, 11) is 0. The Morgan fingerprint density at radius 1 is 1.20 bits per heavy atom. The first-order valence-corrected chi connectivity index (χ1v) is 8.35. The SMILES string of the molecule is Cc1ccc(C(CO)NC(=O)c2ccn3c(C)cc(C)nc23)c(C)c1. The number of carbonyl (C=O) groups is 1. The third kappa shape index (κ3) is 3.28. The van der Waals surface area contributed by atoms with Gasteiger partial charge in [-0.05, 0) is 51.0 Å². The van der Waals surface area contributed by atoms with Crippen molar-refractivity contribution >= 4 is 11.6 Å². The molecule has 1 atom stereocenters. The predicted molar refractivity (Wildman–Crippen MR) is 97.9 cm³/mol. The number of hydrogen-bond acceptors (Lipinski definition) is 3. The molecule has 3 aromatic rings. The molecule has 5 heteroatoms. The van der Waals surface area contributed by atoms with Gasteiger partial charge in [-0.1, -0.05) is 23.8 Å². The topological polar surface area (TPSA) is 66.6 Å². The third-order valence-corrected chi connectivity index (χ3v) is 4.47. The molecule has 1 amide bonds. The van der Waals surface area contributed by atoms with Crippen LogP contribution in [0.2, 0.25) is 0 Å². The van der Waals surface area contributed by atoms with Crippen LogP contribution in [0.15, 0.2) is 36.5 Å². The van der Waals surface area contributed by atoms with Crippen LogP contribution in [0.1, 0.15) is 44.5 Å². The number of fused-ring (bicyclic) bond motifs is 1. The zero-order chi connectivity index (χ0) is 18.1. The van der Waals surface area contributed by atoms with Crippen LogP contribution in [0, 0.1) is 27.7 Å². The van der Waals surface area contributed by atoms with Crippen molar-refractivity contribution in [1.29, 1.82) is 0 Å². The Morgan fingerprint density at radius 2 is 1.96 bits per heavy atom. The molecule has 2 heterocycles. The van der Waals surface area contributed by atoms with Gasteiger partial charge in [0.05, 0.1) is 18.2 Å². The van der Waals surface area contributed by atoms with Gasteiger partial charge in [0.2, 0.25) is 0 Å². The number of aromatic nitrogens is 2. The fourth-order valence-corrected chi connectivity index (χ4v) is 3.25. The number of benzene rings is 1. The van der Waals surface area contributed by atoms with E-state index >= 15 is 0 Å². The van der Waals surface area contributed by atoms with Crippen LogP contribution in [-0.4, -0.2) is 27.0 Å². The molecule has 0 aliphatic rings. The van der Waals surface area contributed by atoms with Crippen molar-refractivity contribution in [2.45, 2.75) is 33.7 Å². The summed E-state index contributed by atoms with van der Waals surface area (Å²) in [6, 6.07) is 9.28. The summed E-state index contributed by atoms with van der Waals surface area (Å²) in [5.41, 5.74) is 6.15. The second kappa shape index (κ2) is 6.69. The summed E-state index contributed by atoms with van der Waals surface area (Å²) in [5, 5.41) is 12.7. The van der Waals surface area contributed by atoms with Gasteiger partial charge in [-0.25, -0.2) is 4.98 Å². The molecule has 5 nitrogen and oxygen atoms in total. The highest BCUT2D eigenvalue weighted by molar-refractivity contribution is 6.00. The van der Waals surface area contributed by atoms with Crippen molar-refractivity contribution in [1.82, 2.24) is 14.7 Å². The number of nitrogens with zero attached hydrogens (tertiary/aromatic N) is 2. The fourth-order valence-electron chi connectivity index (χ4n) is 3.25. The maximum atomic E-state index is 12.8. The van der Waals surface area contributed by atoms with Crippen molar-refractivity contribution in [3.8, 4) is 0 Å². The monoisotopic (exact) mass is 337 g/mol. The summed E-state index contributed by atoms with van der Waals surface area (Å²) >= 11 is 0. The lowest BCUT2D eigenvalue weighted by Gasteiger charge is -2.19. The minimum absolute atomic E-state index is 0.160. The van der Waals surface area contributed by atoms with Crippen LogP contribution in [0.5, 0.6) is 0 Å². The molecule has 3 rings (SSSR count). The van der Waals surface area contributed by atoms with Gasteiger partial charge >= 0.3 is 0 Å². The van der Waals surface area contributed by atoms with E-state index in [1.165, 1.54) is 0 Å². The van der Waals surface area contributed by atoms with Crippen LogP contribution in [0.25, 0.3) is 5.65 Å².